The number of aryl methyl sites for hydroxylation is 1. The summed E-state index contributed by atoms with van der Waals surface area (Å²) in [4.78, 5) is 3.48. The van der Waals surface area contributed by atoms with Gasteiger partial charge in [-0.15, -0.1) is 0 Å². The highest BCUT2D eigenvalue weighted by atomic mass is 32.2. The smallest absolute Gasteiger partial charge is 0.241 e. The molecule has 0 spiro atoms. The summed E-state index contributed by atoms with van der Waals surface area (Å²) in [6.07, 6.45) is 0.646. The Hall–Kier alpha value is -1.05. The molecule has 0 atom stereocenters. The lowest BCUT2D eigenvalue weighted by molar-refractivity contribution is -0.0446. The van der Waals surface area contributed by atoms with Gasteiger partial charge in [0.25, 0.3) is 0 Å². The van der Waals surface area contributed by atoms with Crippen molar-refractivity contribution in [3.8, 4) is 0 Å². The Balaban J connectivity index is 3.39. The zero-order valence-electron chi connectivity index (χ0n) is 7.33. The highest BCUT2D eigenvalue weighted by Crippen LogP contribution is 2.26. The fraction of sp³-hybridized carbons (Fsp3) is 0.500. The molecular formula is C6H7F3N2O2S. The van der Waals surface area contributed by atoms with Gasteiger partial charge in [0, 0.05) is 0 Å². The van der Waals surface area contributed by atoms with E-state index in [9.17, 15) is 21.6 Å². The van der Waals surface area contributed by atoms with Gasteiger partial charge < -0.3 is 0 Å². The van der Waals surface area contributed by atoms with E-state index in [4.69, 9.17) is 0 Å². The molecular weight excluding hydrogens is 221 g/mol. The normalized spacial score (nSPS) is 13.2. The van der Waals surface area contributed by atoms with Crippen molar-refractivity contribution < 1.29 is 21.6 Å². The molecule has 0 saturated heterocycles. The Morgan fingerprint density at radius 1 is 1.36 bits per heavy atom. The predicted octanol–water partition coefficient (Wildman–Crippen LogP) is 1.20. The monoisotopic (exact) mass is 228 g/mol. The number of alkyl halides is 3. The Kier molecular flexibility index (Phi) is 2.34. The molecule has 0 aliphatic carbocycles. The van der Waals surface area contributed by atoms with Crippen LogP contribution in [0.3, 0.4) is 0 Å². The first-order valence-corrected chi connectivity index (χ1v) is 4.94. The van der Waals surface area contributed by atoms with Crippen molar-refractivity contribution in [3.63, 3.8) is 0 Å². The first-order valence-electron chi connectivity index (χ1n) is 3.50. The van der Waals surface area contributed by atoms with Crippen LogP contribution < -0.4 is 0 Å². The molecule has 1 aromatic rings. The third-order valence-corrected chi connectivity index (χ3v) is 3.23. The maximum Gasteiger partial charge on any atom is 0.517 e. The highest BCUT2D eigenvalue weighted by Gasteiger charge is 2.48. The van der Waals surface area contributed by atoms with Crippen LogP contribution in [0.2, 0.25) is 0 Å². The molecule has 0 aromatic carbocycles. The van der Waals surface area contributed by atoms with Crippen molar-refractivity contribution in [2.45, 2.75) is 19.4 Å². The summed E-state index contributed by atoms with van der Waals surface area (Å²) in [7, 11) is -5.33. The topological polar surface area (TPSA) is 52.0 Å². The Labute approximate surface area is 78.4 Å². The first-order chi connectivity index (χ1) is 6.18. The number of halogens is 3. The third-order valence-electron chi connectivity index (χ3n) is 1.76. The van der Waals surface area contributed by atoms with Crippen LogP contribution in [0, 0.1) is 13.8 Å². The summed E-state index contributed by atoms with van der Waals surface area (Å²) in [5.41, 5.74) is -5.09. The van der Waals surface area contributed by atoms with E-state index in [0.29, 0.717) is 6.33 Å². The molecule has 8 heteroatoms. The van der Waals surface area contributed by atoms with Crippen LogP contribution in [-0.4, -0.2) is 22.9 Å². The standard InChI is InChI=1S/C6H7F3N2O2S/c1-4-5(2)11(3-10-4)14(12,13)6(7,8)9/h3H,1-2H3. The average molecular weight is 228 g/mol. The quantitative estimate of drug-likeness (QED) is 0.725. The van der Waals surface area contributed by atoms with Gasteiger partial charge in [-0.3, -0.25) is 0 Å². The number of nitrogens with zero attached hydrogens (tertiary/aromatic N) is 2. The molecule has 0 radical (unpaired) electrons. The van der Waals surface area contributed by atoms with Crippen LogP contribution in [0.4, 0.5) is 13.2 Å². The van der Waals surface area contributed by atoms with Crippen LogP contribution in [-0.2, 0) is 10.0 Å². The molecule has 0 aliphatic rings. The second-order valence-corrected chi connectivity index (χ2v) is 4.47. The van der Waals surface area contributed by atoms with E-state index in [-0.39, 0.29) is 15.4 Å². The minimum Gasteiger partial charge on any atom is -0.241 e. The van der Waals surface area contributed by atoms with Crippen LogP contribution >= 0.6 is 0 Å². The van der Waals surface area contributed by atoms with Gasteiger partial charge >= 0.3 is 15.5 Å². The molecule has 0 amide bonds. The summed E-state index contributed by atoms with van der Waals surface area (Å²) >= 11 is 0. The molecule has 4 nitrogen and oxygen atoms in total. The minimum atomic E-state index is -5.33. The highest BCUT2D eigenvalue weighted by molar-refractivity contribution is 7.90. The summed E-state index contributed by atoms with van der Waals surface area (Å²) in [5.74, 6) is 0. The third kappa shape index (κ3) is 1.49. The van der Waals surface area contributed by atoms with E-state index in [1.807, 2.05) is 0 Å². The number of imidazole rings is 1. The lowest BCUT2D eigenvalue weighted by Crippen LogP contribution is -2.30. The summed E-state index contributed by atoms with van der Waals surface area (Å²) < 4.78 is 58.1. The van der Waals surface area contributed by atoms with Gasteiger partial charge in [-0.1, -0.05) is 0 Å². The van der Waals surface area contributed by atoms with Crippen LogP contribution in [0.25, 0.3) is 0 Å². The molecule has 0 bridgehead atoms. The predicted molar refractivity (Wildman–Crippen MR) is 42.1 cm³/mol. The number of aromatic nitrogens is 2. The number of rotatable bonds is 1. The van der Waals surface area contributed by atoms with Crippen molar-refractivity contribution in [3.05, 3.63) is 17.7 Å². The number of hydrogen-bond donors (Lipinski definition) is 0. The van der Waals surface area contributed by atoms with E-state index in [1.165, 1.54) is 13.8 Å². The molecule has 0 unspecified atom stereocenters. The fourth-order valence-electron chi connectivity index (χ4n) is 0.832. The maximum absolute atomic E-state index is 12.1. The maximum atomic E-state index is 12.1. The van der Waals surface area contributed by atoms with E-state index < -0.39 is 15.5 Å². The first kappa shape index (κ1) is 11.0. The van der Waals surface area contributed by atoms with Crippen LogP contribution in [0.5, 0.6) is 0 Å². The molecule has 0 fully saturated rings. The molecule has 1 aromatic heterocycles. The van der Waals surface area contributed by atoms with Gasteiger partial charge in [-0.05, 0) is 13.8 Å². The zero-order chi connectivity index (χ0) is 11.1. The second-order valence-electron chi connectivity index (χ2n) is 2.66. The lowest BCUT2D eigenvalue weighted by atomic mass is 10.4. The molecule has 0 N–H and O–H groups in total. The van der Waals surface area contributed by atoms with E-state index in [1.54, 1.807) is 0 Å². The van der Waals surface area contributed by atoms with Gasteiger partial charge in [0.15, 0.2) is 0 Å². The van der Waals surface area contributed by atoms with Crippen LogP contribution in [0.1, 0.15) is 11.4 Å². The van der Waals surface area contributed by atoms with Gasteiger partial charge in [-0.25, -0.2) is 8.96 Å². The minimum absolute atomic E-state index is 0.0395. The van der Waals surface area contributed by atoms with Gasteiger partial charge in [-0.2, -0.15) is 21.6 Å². The largest absolute Gasteiger partial charge is 0.517 e. The second kappa shape index (κ2) is 2.97. The Morgan fingerprint density at radius 2 is 1.86 bits per heavy atom. The lowest BCUT2D eigenvalue weighted by Gasteiger charge is -2.09. The fourth-order valence-corrected chi connectivity index (χ4v) is 1.72. The van der Waals surface area contributed by atoms with Crippen molar-refractivity contribution >= 4 is 10.0 Å². The van der Waals surface area contributed by atoms with Crippen molar-refractivity contribution in [1.29, 1.82) is 0 Å². The van der Waals surface area contributed by atoms with E-state index >= 15 is 0 Å². The zero-order valence-corrected chi connectivity index (χ0v) is 8.15. The van der Waals surface area contributed by atoms with E-state index in [2.05, 4.69) is 4.98 Å². The summed E-state index contributed by atoms with van der Waals surface area (Å²) in [6.45, 7) is 2.68. The SMILES string of the molecule is Cc1ncn(S(=O)(=O)C(F)(F)F)c1C. The summed E-state index contributed by atoms with van der Waals surface area (Å²) in [5, 5.41) is 0. The molecule has 1 heterocycles. The molecule has 0 aliphatic heterocycles. The van der Waals surface area contributed by atoms with Gasteiger partial charge in [0.1, 0.15) is 6.33 Å². The molecule has 0 saturated carbocycles. The van der Waals surface area contributed by atoms with Crippen molar-refractivity contribution in [2.75, 3.05) is 0 Å². The van der Waals surface area contributed by atoms with Gasteiger partial charge in [0.05, 0.1) is 11.4 Å². The average Bonchev–Trinajstić information content (AvgIpc) is 2.30. The summed E-state index contributed by atoms with van der Waals surface area (Å²) in [6, 6.07) is 0. The Morgan fingerprint density at radius 3 is 2.14 bits per heavy atom. The van der Waals surface area contributed by atoms with Gasteiger partial charge in [0.2, 0.25) is 0 Å². The van der Waals surface area contributed by atoms with Crippen LogP contribution in [0.15, 0.2) is 6.33 Å². The Bertz CT molecular complexity index is 446. The molecule has 1 rings (SSSR count). The molecule has 14 heavy (non-hydrogen) atoms. The van der Waals surface area contributed by atoms with Crippen molar-refractivity contribution in [2.24, 2.45) is 0 Å². The van der Waals surface area contributed by atoms with E-state index in [0.717, 1.165) is 0 Å². The number of hydrogen-bond acceptors (Lipinski definition) is 3. The van der Waals surface area contributed by atoms with Crippen molar-refractivity contribution in [1.82, 2.24) is 8.96 Å². The molecule has 80 valence electrons.